The largest absolute Gasteiger partial charge is 0.397 e. The van der Waals surface area contributed by atoms with Crippen LogP contribution in [-0.2, 0) is 0 Å². The van der Waals surface area contributed by atoms with E-state index >= 15 is 0 Å². The molecule has 0 saturated carbocycles. The van der Waals surface area contributed by atoms with Gasteiger partial charge in [0, 0.05) is 6.54 Å². The van der Waals surface area contributed by atoms with E-state index in [1.165, 1.54) is 0 Å². The fraction of sp³-hybridized carbons (Fsp3) is 0.200. The number of hydrogen-bond acceptors (Lipinski definition) is 5. The lowest BCUT2D eigenvalue weighted by atomic mass is 10.2. The maximum absolute atomic E-state index is 5.72. The van der Waals surface area contributed by atoms with E-state index < -0.39 is 0 Å². The summed E-state index contributed by atoms with van der Waals surface area (Å²) in [5.41, 5.74) is 9.40. The number of nitrogens with two attached hydrogens (primary N) is 1. The fourth-order valence-corrected chi connectivity index (χ4v) is 1.27. The first-order valence-corrected chi connectivity index (χ1v) is 4.57. The van der Waals surface area contributed by atoms with Crippen molar-refractivity contribution < 1.29 is 4.63 Å². The highest BCUT2D eigenvalue weighted by atomic mass is 16.6. The fourth-order valence-electron chi connectivity index (χ4n) is 1.27. The van der Waals surface area contributed by atoms with E-state index in [-0.39, 0.29) is 0 Å². The van der Waals surface area contributed by atoms with Crippen LogP contribution in [0.15, 0.2) is 28.9 Å². The number of rotatable bonds is 3. The van der Waals surface area contributed by atoms with E-state index in [1.54, 1.807) is 6.07 Å². The minimum atomic E-state index is 0.562. The zero-order chi connectivity index (χ0) is 10.8. The number of nitrogen functional groups attached to an aromatic ring is 1. The van der Waals surface area contributed by atoms with E-state index in [1.807, 2.05) is 13.0 Å². The predicted octanol–water partition coefficient (Wildman–Crippen LogP) is 1.79. The molecule has 0 saturated heterocycles. The van der Waals surface area contributed by atoms with E-state index in [2.05, 4.69) is 26.8 Å². The van der Waals surface area contributed by atoms with Crippen LogP contribution >= 0.6 is 0 Å². The highest BCUT2D eigenvalue weighted by Gasteiger charge is 2.09. The molecule has 0 atom stereocenters. The van der Waals surface area contributed by atoms with Crippen molar-refractivity contribution in [1.82, 2.24) is 10.3 Å². The maximum atomic E-state index is 5.72. The average Bonchev–Trinajstić information content (AvgIpc) is 2.66. The van der Waals surface area contributed by atoms with Crippen LogP contribution in [0.2, 0.25) is 0 Å². The molecule has 0 aliphatic carbocycles. The number of aromatic nitrogens is 2. The van der Waals surface area contributed by atoms with Crippen molar-refractivity contribution >= 4 is 22.4 Å². The third-order valence-electron chi connectivity index (χ3n) is 2.03. The van der Waals surface area contributed by atoms with Crippen molar-refractivity contribution in [3.8, 4) is 0 Å². The second kappa shape index (κ2) is 3.61. The monoisotopic (exact) mass is 204 g/mol. The number of nitrogens with one attached hydrogen (secondary N) is 1. The molecule has 2 rings (SSSR count). The molecule has 0 spiro atoms. The van der Waals surface area contributed by atoms with Crippen LogP contribution in [0.1, 0.15) is 6.92 Å². The van der Waals surface area contributed by atoms with E-state index in [0.29, 0.717) is 23.3 Å². The maximum Gasteiger partial charge on any atom is 0.160 e. The minimum Gasteiger partial charge on any atom is -0.397 e. The summed E-state index contributed by atoms with van der Waals surface area (Å²) in [4.78, 5) is 0. The number of hydrogen-bond donors (Lipinski definition) is 2. The van der Waals surface area contributed by atoms with Gasteiger partial charge in [-0.2, -0.15) is 0 Å². The van der Waals surface area contributed by atoms with Gasteiger partial charge in [0.05, 0.1) is 11.4 Å². The smallest absolute Gasteiger partial charge is 0.160 e. The zero-order valence-corrected chi connectivity index (χ0v) is 8.45. The normalized spacial score (nSPS) is 10.5. The molecule has 1 aromatic heterocycles. The standard InChI is InChI=1S/C10H12N4O/c1-6(2)5-12-8-4-3-7(11)9-10(8)14-15-13-9/h3-4,12H,1,5,11H2,2H3. The molecule has 1 aromatic carbocycles. The third kappa shape index (κ3) is 1.76. The molecule has 0 aliphatic heterocycles. The number of benzene rings is 1. The first kappa shape index (κ1) is 9.51. The van der Waals surface area contributed by atoms with Crippen LogP contribution in [0.3, 0.4) is 0 Å². The topological polar surface area (TPSA) is 77.0 Å². The Morgan fingerprint density at radius 2 is 2.20 bits per heavy atom. The summed E-state index contributed by atoms with van der Waals surface area (Å²) in [5, 5.41) is 10.7. The lowest BCUT2D eigenvalue weighted by Crippen LogP contribution is -2.02. The number of fused-ring (bicyclic) bond motifs is 1. The van der Waals surface area contributed by atoms with Crippen LogP contribution < -0.4 is 11.1 Å². The Morgan fingerprint density at radius 3 is 2.93 bits per heavy atom. The Labute approximate surface area is 86.9 Å². The molecule has 5 nitrogen and oxygen atoms in total. The molecule has 0 unspecified atom stereocenters. The van der Waals surface area contributed by atoms with Crippen LogP contribution in [0.4, 0.5) is 11.4 Å². The lowest BCUT2D eigenvalue weighted by Gasteiger charge is -2.05. The van der Waals surface area contributed by atoms with Gasteiger partial charge in [-0.1, -0.05) is 12.2 Å². The summed E-state index contributed by atoms with van der Waals surface area (Å²) in [6, 6.07) is 3.62. The van der Waals surface area contributed by atoms with Crippen molar-refractivity contribution in [2.24, 2.45) is 0 Å². The molecule has 78 valence electrons. The van der Waals surface area contributed by atoms with Crippen LogP contribution in [0, 0.1) is 0 Å². The van der Waals surface area contributed by atoms with Crippen molar-refractivity contribution in [2.45, 2.75) is 6.92 Å². The molecule has 0 bridgehead atoms. The third-order valence-corrected chi connectivity index (χ3v) is 2.03. The van der Waals surface area contributed by atoms with Crippen molar-refractivity contribution in [3.63, 3.8) is 0 Å². The molecular formula is C10H12N4O. The van der Waals surface area contributed by atoms with E-state index in [4.69, 9.17) is 5.73 Å². The van der Waals surface area contributed by atoms with Crippen LogP contribution in [0.5, 0.6) is 0 Å². The van der Waals surface area contributed by atoms with Gasteiger partial charge in [0.15, 0.2) is 11.0 Å². The van der Waals surface area contributed by atoms with Gasteiger partial charge in [-0.25, -0.2) is 4.63 Å². The molecular weight excluding hydrogens is 192 g/mol. The number of nitrogens with zero attached hydrogens (tertiary/aromatic N) is 2. The molecule has 0 fully saturated rings. The van der Waals surface area contributed by atoms with Gasteiger partial charge < -0.3 is 11.1 Å². The highest BCUT2D eigenvalue weighted by Crippen LogP contribution is 2.24. The average molecular weight is 204 g/mol. The lowest BCUT2D eigenvalue weighted by molar-refractivity contribution is 0.316. The Kier molecular flexibility index (Phi) is 2.29. The summed E-state index contributed by atoms with van der Waals surface area (Å²) in [6.07, 6.45) is 0. The molecule has 3 N–H and O–H groups in total. The van der Waals surface area contributed by atoms with Crippen molar-refractivity contribution in [1.29, 1.82) is 0 Å². The Morgan fingerprint density at radius 1 is 1.47 bits per heavy atom. The Balaban J connectivity index is 2.39. The molecule has 2 aromatic rings. The minimum absolute atomic E-state index is 0.562. The Bertz CT molecular complexity index is 503. The van der Waals surface area contributed by atoms with Gasteiger partial charge in [-0.05, 0) is 29.4 Å². The molecule has 0 aliphatic rings. The van der Waals surface area contributed by atoms with Gasteiger partial charge in [0.25, 0.3) is 0 Å². The Hall–Kier alpha value is -2.04. The predicted molar refractivity (Wildman–Crippen MR) is 59.5 cm³/mol. The first-order chi connectivity index (χ1) is 7.18. The van der Waals surface area contributed by atoms with E-state index in [9.17, 15) is 0 Å². The van der Waals surface area contributed by atoms with Crippen LogP contribution in [-0.4, -0.2) is 16.9 Å². The zero-order valence-electron chi connectivity index (χ0n) is 8.45. The quantitative estimate of drug-likeness (QED) is 0.588. The highest BCUT2D eigenvalue weighted by molar-refractivity contribution is 5.94. The summed E-state index contributed by atoms with van der Waals surface area (Å²) < 4.78 is 4.65. The van der Waals surface area contributed by atoms with Gasteiger partial charge in [-0.15, -0.1) is 0 Å². The molecule has 1 heterocycles. The second-order valence-electron chi connectivity index (χ2n) is 3.47. The molecule has 15 heavy (non-hydrogen) atoms. The molecule has 0 radical (unpaired) electrons. The summed E-state index contributed by atoms with van der Waals surface area (Å²) in [5.74, 6) is 0. The van der Waals surface area contributed by atoms with E-state index in [0.717, 1.165) is 11.3 Å². The van der Waals surface area contributed by atoms with Gasteiger partial charge in [0.1, 0.15) is 0 Å². The molecule has 5 heteroatoms. The number of anilines is 2. The van der Waals surface area contributed by atoms with Crippen LogP contribution in [0.25, 0.3) is 11.0 Å². The van der Waals surface area contributed by atoms with Crippen molar-refractivity contribution in [3.05, 3.63) is 24.3 Å². The van der Waals surface area contributed by atoms with Gasteiger partial charge >= 0.3 is 0 Å². The summed E-state index contributed by atoms with van der Waals surface area (Å²) in [7, 11) is 0. The SMILES string of the molecule is C=C(C)CNc1ccc(N)c2nonc12. The molecule has 0 amide bonds. The van der Waals surface area contributed by atoms with Gasteiger partial charge in [-0.3, -0.25) is 0 Å². The summed E-state index contributed by atoms with van der Waals surface area (Å²) in [6.45, 7) is 6.44. The summed E-state index contributed by atoms with van der Waals surface area (Å²) >= 11 is 0. The first-order valence-electron chi connectivity index (χ1n) is 4.57. The van der Waals surface area contributed by atoms with Crippen molar-refractivity contribution in [2.75, 3.05) is 17.6 Å². The van der Waals surface area contributed by atoms with Gasteiger partial charge in [0.2, 0.25) is 0 Å². The second-order valence-corrected chi connectivity index (χ2v) is 3.47.